The Bertz CT molecular complexity index is 846. The van der Waals surface area contributed by atoms with Crippen LogP contribution in [0.1, 0.15) is 64.9 Å². The van der Waals surface area contributed by atoms with Crippen molar-refractivity contribution in [3.8, 4) is 5.75 Å². The summed E-state index contributed by atoms with van der Waals surface area (Å²) in [7, 11) is 0. The first-order valence-corrected chi connectivity index (χ1v) is 9.93. The van der Waals surface area contributed by atoms with Gasteiger partial charge in [-0.15, -0.1) is 0 Å². The number of allylic oxidation sites excluding steroid dienone is 3. The fraction of sp³-hybridized carbons (Fsp3) is 0.478. The normalized spacial score (nSPS) is 21.3. The van der Waals surface area contributed by atoms with Crippen LogP contribution in [-0.4, -0.2) is 23.5 Å². The zero-order chi connectivity index (χ0) is 20.5. The van der Waals surface area contributed by atoms with Crippen molar-refractivity contribution in [3.05, 3.63) is 52.4 Å². The van der Waals surface area contributed by atoms with E-state index in [2.05, 4.69) is 19.2 Å². The number of dihydropyridines is 1. The maximum absolute atomic E-state index is 13.1. The molecule has 0 amide bonds. The molecule has 0 fully saturated rings. The van der Waals surface area contributed by atoms with Gasteiger partial charge in [0.15, 0.2) is 5.78 Å². The number of Topliss-reactive ketones (excluding diaryl/α,β-unsaturated/α-hetero) is 1. The molecule has 0 spiro atoms. The highest BCUT2D eigenvalue weighted by Gasteiger charge is 2.43. The van der Waals surface area contributed by atoms with Gasteiger partial charge in [-0.2, -0.15) is 0 Å². The highest BCUT2D eigenvalue weighted by Crippen LogP contribution is 2.46. The number of rotatable bonds is 5. The minimum atomic E-state index is -0.477. The lowest BCUT2D eigenvalue weighted by molar-refractivity contribution is -0.139. The first kappa shape index (κ1) is 20.2. The van der Waals surface area contributed by atoms with Gasteiger partial charge in [-0.1, -0.05) is 39.3 Å². The molecule has 2 N–H and O–H groups in total. The Morgan fingerprint density at radius 2 is 1.93 bits per heavy atom. The van der Waals surface area contributed by atoms with Crippen LogP contribution in [0, 0.1) is 5.41 Å². The molecule has 2 aliphatic rings. The lowest BCUT2D eigenvalue weighted by atomic mass is 9.68. The third-order valence-corrected chi connectivity index (χ3v) is 5.42. The van der Waals surface area contributed by atoms with E-state index in [4.69, 9.17) is 4.74 Å². The highest BCUT2D eigenvalue weighted by atomic mass is 16.5. The average Bonchev–Trinajstić information content (AvgIpc) is 2.60. The van der Waals surface area contributed by atoms with Crippen LogP contribution in [0.4, 0.5) is 0 Å². The van der Waals surface area contributed by atoms with Crippen molar-refractivity contribution < 1.29 is 19.4 Å². The van der Waals surface area contributed by atoms with Gasteiger partial charge in [0.1, 0.15) is 5.75 Å². The molecule has 150 valence electrons. The van der Waals surface area contributed by atoms with Crippen molar-refractivity contribution in [2.24, 2.45) is 5.41 Å². The number of hydrogen-bond acceptors (Lipinski definition) is 5. The third kappa shape index (κ3) is 3.98. The molecular weight excluding hydrogens is 354 g/mol. The van der Waals surface area contributed by atoms with Crippen molar-refractivity contribution in [2.45, 2.75) is 59.3 Å². The van der Waals surface area contributed by atoms with Crippen LogP contribution < -0.4 is 5.32 Å². The van der Waals surface area contributed by atoms with Crippen LogP contribution in [0.3, 0.4) is 0 Å². The molecule has 0 saturated carbocycles. The Labute approximate surface area is 166 Å². The van der Waals surface area contributed by atoms with Gasteiger partial charge in [0.05, 0.1) is 12.2 Å². The molecule has 1 aromatic carbocycles. The molecule has 1 aromatic rings. The van der Waals surface area contributed by atoms with E-state index < -0.39 is 5.92 Å². The van der Waals surface area contributed by atoms with E-state index in [1.807, 2.05) is 13.8 Å². The summed E-state index contributed by atoms with van der Waals surface area (Å²) in [5, 5.41) is 13.0. The Morgan fingerprint density at radius 1 is 1.25 bits per heavy atom. The van der Waals surface area contributed by atoms with E-state index >= 15 is 0 Å². The van der Waals surface area contributed by atoms with Crippen LogP contribution >= 0.6 is 0 Å². The van der Waals surface area contributed by atoms with E-state index in [0.717, 1.165) is 36.2 Å². The molecule has 1 aliphatic heterocycles. The molecule has 0 bridgehead atoms. The molecule has 1 heterocycles. The second-order valence-corrected chi connectivity index (χ2v) is 8.51. The molecule has 5 nitrogen and oxygen atoms in total. The van der Waals surface area contributed by atoms with Gasteiger partial charge in [-0.05, 0) is 42.9 Å². The van der Waals surface area contributed by atoms with Crippen LogP contribution in [0.2, 0.25) is 0 Å². The molecule has 1 atom stereocenters. The quantitative estimate of drug-likeness (QED) is 0.584. The second kappa shape index (κ2) is 7.82. The zero-order valence-corrected chi connectivity index (χ0v) is 17.1. The first-order chi connectivity index (χ1) is 13.2. The van der Waals surface area contributed by atoms with E-state index in [1.165, 1.54) is 0 Å². The second-order valence-electron chi connectivity index (χ2n) is 8.51. The summed E-state index contributed by atoms with van der Waals surface area (Å²) in [4.78, 5) is 26.0. The number of hydrogen-bond donors (Lipinski definition) is 2. The van der Waals surface area contributed by atoms with Crippen LogP contribution in [0.25, 0.3) is 0 Å². The number of ketones is 1. The largest absolute Gasteiger partial charge is 0.508 e. The molecule has 0 unspecified atom stereocenters. The Kier molecular flexibility index (Phi) is 5.64. The number of ether oxygens (including phenoxy) is 1. The number of phenols is 1. The Hall–Kier alpha value is -2.56. The predicted molar refractivity (Wildman–Crippen MR) is 108 cm³/mol. The predicted octanol–water partition coefficient (Wildman–Crippen LogP) is 4.34. The Balaban J connectivity index is 2.07. The summed E-state index contributed by atoms with van der Waals surface area (Å²) in [5.41, 5.74) is 3.43. The fourth-order valence-electron chi connectivity index (χ4n) is 4.09. The monoisotopic (exact) mass is 383 g/mol. The number of carbonyl (C=O) groups is 2. The third-order valence-electron chi connectivity index (χ3n) is 5.42. The molecular formula is C23H29NO4. The molecule has 1 aliphatic carbocycles. The van der Waals surface area contributed by atoms with Gasteiger partial charge < -0.3 is 15.2 Å². The number of aromatic hydroxyl groups is 1. The SMILES string of the molecule is CCCCOC(=O)C1=C(C)NC2=C(C(=O)CC(C)(C)C2)[C@H]1c1ccc(O)cc1. The van der Waals surface area contributed by atoms with E-state index in [1.54, 1.807) is 24.3 Å². The molecule has 28 heavy (non-hydrogen) atoms. The minimum Gasteiger partial charge on any atom is -0.508 e. The highest BCUT2D eigenvalue weighted by molar-refractivity contribution is 6.04. The van der Waals surface area contributed by atoms with Gasteiger partial charge in [0.2, 0.25) is 0 Å². The number of carbonyl (C=O) groups excluding carboxylic acids is 2. The summed E-state index contributed by atoms with van der Waals surface area (Å²) in [6, 6.07) is 6.72. The average molecular weight is 383 g/mol. The summed E-state index contributed by atoms with van der Waals surface area (Å²) in [5.74, 6) is -0.658. The maximum atomic E-state index is 13.1. The summed E-state index contributed by atoms with van der Waals surface area (Å²) < 4.78 is 5.50. The smallest absolute Gasteiger partial charge is 0.336 e. The number of phenolic OH excluding ortho intramolecular Hbond substituents is 1. The van der Waals surface area contributed by atoms with Gasteiger partial charge >= 0.3 is 5.97 Å². The molecule has 3 rings (SSSR count). The van der Waals surface area contributed by atoms with Gasteiger partial charge in [-0.25, -0.2) is 4.79 Å². The molecule has 0 aromatic heterocycles. The topological polar surface area (TPSA) is 75.6 Å². The van der Waals surface area contributed by atoms with Crippen molar-refractivity contribution in [1.29, 1.82) is 0 Å². The van der Waals surface area contributed by atoms with Crippen molar-refractivity contribution in [2.75, 3.05) is 6.61 Å². The van der Waals surface area contributed by atoms with Crippen LogP contribution in [0.5, 0.6) is 5.75 Å². The maximum Gasteiger partial charge on any atom is 0.336 e. The summed E-state index contributed by atoms with van der Waals surface area (Å²) in [6.45, 7) is 8.43. The number of benzene rings is 1. The summed E-state index contributed by atoms with van der Waals surface area (Å²) in [6.07, 6.45) is 2.93. The number of esters is 1. The lowest BCUT2D eigenvalue weighted by Crippen LogP contribution is -2.38. The van der Waals surface area contributed by atoms with Crippen molar-refractivity contribution in [3.63, 3.8) is 0 Å². The molecule has 5 heteroatoms. The van der Waals surface area contributed by atoms with Crippen LogP contribution in [0.15, 0.2) is 46.8 Å². The van der Waals surface area contributed by atoms with E-state index in [0.29, 0.717) is 24.2 Å². The van der Waals surface area contributed by atoms with E-state index in [9.17, 15) is 14.7 Å². The molecule has 0 radical (unpaired) electrons. The van der Waals surface area contributed by atoms with E-state index in [-0.39, 0.29) is 22.9 Å². The lowest BCUT2D eigenvalue weighted by Gasteiger charge is -2.39. The Morgan fingerprint density at radius 3 is 2.57 bits per heavy atom. The zero-order valence-electron chi connectivity index (χ0n) is 17.1. The van der Waals surface area contributed by atoms with Gasteiger partial charge in [-0.3, -0.25) is 4.79 Å². The van der Waals surface area contributed by atoms with Crippen LogP contribution in [-0.2, 0) is 14.3 Å². The van der Waals surface area contributed by atoms with Crippen molar-refractivity contribution in [1.82, 2.24) is 5.32 Å². The van der Waals surface area contributed by atoms with Gasteiger partial charge in [0, 0.05) is 29.3 Å². The first-order valence-electron chi connectivity index (χ1n) is 9.93. The minimum absolute atomic E-state index is 0.0585. The fourth-order valence-corrected chi connectivity index (χ4v) is 4.09. The number of nitrogens with one attached hydrogen (secondary N) is 1. The molecule has 0 saturated heterocycles. The standard InChI is InChI=1S/C23H29NO4/c1-5-6-11-28-22(27)19-14(2)24-17-12-23(3,4)13-18(26)21(17)20(19)15-7-9-16(25)10-8-15/h7-10,20,24-25H,5-6,11-13H2,1-4H3/t20-/m0/s1. The number of unbranched alkanes of at least 4 members (excludes halogenated alkanes) is 1. The summed E-state index contributed by atoms with van der Waals surface area (Å²) >= 11 is 0. The van der Waals surface area contributed by atoms with Crippen molar-refractivity contribution >= 4 is 11.8 Å². The van der Waals surface area contributed by atoms with Gasteiger partial charge in [0.25, 0.3) is 0 Å².